The van der Waals surface area contributed by atoms with Crippen molar-refractivity contribution in [2.45, 2.75) is 26.2 Å². The van der Waals surface area contributed by atoms with Crippen molar-refractivity contribution < 1.29 is 18.7 Å². The number of hydrogen-bond acceptors (Lipinski definition) is 6. The van der Waals surface area contributed by atoms with Gasteiger partial charge in [-0.15, -0.1) is 0 Å². The molecular formula is C26H30FN3O3. The maximum absolute atomic E-state index is 13.2. The van der Waals surface area contributed by atoms with Gasteiger partial charge in [-0.1, -0.05) is 6.07 Å². The van der Waals surface area contributed by atoms with Crippen molar-refractivity contribution in [2.75, 3.05) is 44.2 Å². The molecule has 3 heterocycles. The van der Waals surface area contributed by atoms with Crippen LogP contribution < -0.4 is 9.64 Å². The molecule has 7 heteroatoms. The van der Waals surface area contributed by atoms with E-state index < -0.39 is 0 Å². The predicted octanol–water partition coefficient (Wildman–Crippen LogP) is 3.63. The van der Waals surface area contributed by atoms with Crippen LogP contribution >= 0.6 is 0 Å². The summed E-state index contributed by atoms with van der Waals surface area (Å²) in [6.07, 6.45) is 0. The molecule has 1 saturated heterocycles. The van der Waals surface area contributed by atoms with Crippen molar-refractivity contribution in [3.8, 4) is 5.75 Å². The van der Waals surface area contributed by atoms with Crippen LogP contribution in [0.5, 0.6) is 5.75 Å². The third-order valence-corrected chi connectivity index (χ3v) is 6.41. The Labute approximate surface area is 193 Å². The Hall–Kier alpha value is -2.87. The second kappa shape index (κ2) is 9.95. The molecule has 2 aliphatic heterocycles. The molecule has 1 N–H and O–H groups in total. The van der Waals surface area contributed by atoms with Crippen LogP contribution in [0, 0.1) is 5.82 Å². The lowest BCUT2D eigenvalue weighted by atomic mass is 10.1. The second-order valence-electron chi connectivity index (χ2n) is 8.77. The number of piperazine rings is 1. The highest BCUT2D eigenvalue weighted by atomic mass is 19.1. The van der Waals surface area contributed by atoms with Crippen LogP contribution in [0.1, 0.15) is 22.6 Å². The fourth-order valence-electron chi connectivity index (χ4n) is 4.62. The first-order valence-corrected chi connectivity index (χ1v) is 11.5. The lowest BCUT2D eigenvalue weighted by molar-refractivity contribution is 0.197. The summed E-state index contributed by atoms with van der Waals surface area (Å²) < 4.78 is 24.9. The summed E-state index contributed by atoms with van der Waals surface area (Å²) in [4.78, 5) is 7.10. The van der Waals surface area contributed by atoms with Gasteiger partial charge < -0.3 is 19.2 Å². The maximum Gasteiger partial charge on any atom is 0.129 e. The van der Waals surface area contributed by atoms with Crippen LogP contribution in [0.2, 0.25) is 0 Å². The maximum atomic E-state index is 13.2. The number of nitrogens with zero attached hydrogens (tertiary/aromatic N) is 3. The topological polar surface area (TPSA) is 52.3 Å². The highest BCUT2D eigenvalue weighted by molar-refractivity contribution is 5.46. The third-order valence-electron chi connectivity index (χ3n) is 6.41. The minimum Gasteiger partial charge on any atom is -0.492 e. The minimum atomic E-state index is -0.192. The van der Waals surface area contributed by atoms with Crippen molar-refractivity contribution in [3.05, 3.63) is 83.1 Å². The van der Waals surface area contributed by atoms with E-state index >= 15 is 0 Å². The van der Waals surface area contributed by atoms with E-state index in [0.29, 0.717) is 18.9 Å². The van der Waals surface area contributed by atoms with Crippen LogP contribution in [0.25, 0.3) is 0 Å². The summed E-state index contributed by atoms with van der Waals surface area (Å²) in [6.45, 7) is 7.62. The smallest absolute Gasteiger partial charge is 0.129 e. The molecule has 1 aromatic heterocycles. The van der Waals surface area contributed by atoms with Crippen molar-refractivity contribution in [1.29, 1.82) is 0 Å². The molecule has 1 fully saturated rings. The molecule has 6 nitrogen and oxygen atoms in total. The standard InChI is InChI=1S/C26H30FN3O3/c27-22-2-4-23(5-3-22)30-11-9-28(10-12-30)16-20-1-8-26-21(15-20)17-29(13-14-32-26)18-24-6-7-25(19-31)33-24/h1-8,15,31H,9-14,16-19H2. The molecule has 2 aromatic carbocycles. The van der Waals surface area contributed by atoms with E-state index in [2.05, 4.69) is 32.9 Å². The number of fused-ring (bicyclic) bond motifs is 1. The molecule has 0 atom stereocenters. The number of furan rings is 1. The number of hydrogen-bond donors (Lipinski definition) is 1. The zero-order chi connectivity index (χ0) is 22.6. The fourth-order valence-corrected chi connectivity index (χ4v) is 4.62. The van der Waals surface area contributed by atoms with E-state index in [0.717, 1.165) is 63.0 Å². The van der Waals surface area contributed by atoms with E-state index in [1.54, 1.807) is 0 Å². The fraction of sp³-hybridized carbons (Fsp3) is 0.385. The average Bonchev–Trinajstić information content (AvgIpc) is 3.19. The van der Waals surface area contributed by atoms with Crippen LogP contribution in [0.3, 0.4) is 0 Å². The highest BCUT2D eigenvalue weighted by Crippen LogP contribution is 2.26. The number of ether oxygens (including phenoxy) is 1. The Morgan fingerprint density at radius 3 is 2.36 bits per heavy atom. The Morgan fingerprint density at radius 2 is 1.61 bits per heavy atom. The molecule has 174 valence electrons. The normalized spacial score (nSPS) is 17.5. The summed E-state index contributed by atoms with van der Waals surface area (Å²) in [5, 5.41) is 9.23. The molecular weight excluding hydrogens is 421 g/mol. The van der Waals surface area contributed by atoms with Gasteiger partial charge in [-0.3, -0.25) is 9.80 Å². The van der Waals surface area contributed by atoms with Gasteiger partial charge in [-0.05, 0) is 54.1 Å². The highest BCUT2D eigenvalue weighted by Gasteiger charge is 2.20. The quantitative estimate of drug-likeness (QED) is 0.618. The molecule has 0 aliphatic carbocycles. The summed E-state index contributed by atoms with van der Waals surface area (Å²) in [5.74, 6) is 2.22. The lowest BCUT2D eigenvalue weighted by Crippen LogP contribution is -2.45. The number of anilines is 1. The van der Waals surface area contributed by atoms with E-state index in [4.69, 9.17) is 9.15 Å². The summed E-state index contributed by atoms with van der Waals surface area (Å²) in [5.41, 5.74) is 3.57. The van der Waals surface area contributed by atoms with E-state index in [1.165, 1.54) is 23.3 Å². The number of rotatable bonds is 6. The van der Waals surface area contributed by atoms with Gasteiger partial charge in [0.2, 0.25) is 0 Å². The summed E-state index contributed by atoms with van der Waals surface area (Å²) in [7, 11) is 0. The largest absolute Gasteiger partial charge is 0.492 e. The number of aliphatic hydroxyl groups is 1. The van der Waals surface area contributed by atoms with Crippen molar-refractivity contribution in [2.24, 2.45) is 0 Å². The molecule has 0 radical (unpaired) electrons. The predicted molar refractivity (Wildman–Crippen MR) is 125 cm³/mol. The molecule has 33 heavy (non-hydrogen) atoms. The first-order valence-electron chi connectivity index (χ1n) is 11.5. The summed E-state index contributed by atoms with van der Waals surface area (Å²) in [6, 6.07) is 17.1. The monoisotopic (exact) mass is 451 g/mol. The van der Waals surface area contributed by atoms with E-state index in [-0.39, 0.29) is 12.4 Å². The summed E-state index contributed by atoms with van der Waals surface area (Å²) >= 11 is 0. The van der Waals surface area contributed by atoms with Gasteiger partial charge in [0.1, 0.15) is 36.3 Å². The van der Waals surface area contributed by atoms with Crippen LogP contribution in [-0.4, -0.2) is 54.2 Å². The third kappa shape index (κ3) is 5.38. The first-order chi connectivity index (χ1) is 16.2. The number of halogens is 1. The first kappa shape index (κ1) is 21.9. The van der Waals surface area contributed by atoms with E-state index in [9.17, 15) is 9.50 Å². The van der Waals surface area contributed by atoms with Crippen molar-refractivity contribution in [3.63, 3.8) is 0 Å². The number of aliphatic hydroxyl groups excluding tert-OH is 1. The Balaban J connectivity index is 1.19. The molecule has 3 aromatic rings. The molecule has 5 rings (SSSR count). The van der Waals surface area contributed by atoms with Gasteiger partial charge in [0.15, 0.2) is 0 Å². The van der Waals surface area contributed by atoms with Gasteiger partial charge >= 0.3 is 0 Å². The molecule has 0 bridgehead atoms. The van der Waals surface area contributed by atoms with E-state index in [1.807, 2.05) is 24.3 Å². The van der Waals surface area contributed by atoms with Gasteiger partial charge in [0.05, 0.1) is 6.54 Å². The molecule has 2 aliphatic rings. The van der Waals surface area contributed by atoms with Crippen molar-refractivity contribution in [1.82, 2.24) is 9.80 Å². The minimum absolute atomic E-state index is 0.0759. The van der Waals surface area contributed by atoms with Gasteiger partial charge in [0, 0.05) is 57.1 Å². The molecule has 0 spiro atoms. The lowest BCUT2D eigenvalue weighted by Gasteiger charge is -2.36. The zero-order valence-corrected chi connectivity index (χ0v) is 18.8. The van der Waals surface area contributed by atoms with Crippen LogP contribution in [0.4, 0.5) is 10.1 Å². The van der Waals surface area contributed by atoms with Crippen molar-refractivity contribution >= 4 is 5.69 Å². The Bertz CT molecular complexity index is 1060. The van der Waals surface area contributed by atoms with Gasteiger partial charge in [0.25, 0.3) is 0 Å². The second-order valence-corrected chi connectivity index (χ2v) is 8.77. The van der Waals surface area contributed by atoms with Crippen LogP contribution in [-0.2, 0) is 26.2 Å². The SMILES string of the molecule is OCc1ccc(CN2CCOc3ccc(CN4CCN(c5ccc(F)cc5)CC4)cc3C2)o1. The molecule has 0 amide bonds. The Kier molecular flexibility index (Phi) is 6.62. The molecule has 0 unspecified atom stereocenters. The van der Waals surface area contributed by atoms with Crippen LogP contribution in [0.15, 0.2) is 59.0 Å². The number of benzene rings is 2. The average molecular weight is 452 g/mol. The Morgan fingerprint density at radius 1 is 0.818 bits per heavy atom. The van der Waals surface area contributed by atoms with Gasteiger partial charge in [-0.25, -0.2) is 4.39 Å². The van der Waals surface area contributed by atoms with Gasteiger partial charge in [-0.2, -0.15) is 0 Å². The zero-order valence-electron chi connectivity index (χ0n) is 18.8. The molecule has 0 saturated carbocycles.